The van der Waals surface area contributed by atoms with Gasteiger partial charge in [0.1, 0.15) is 0 Å². The van der Waals surface area contributed by atoms with Crippen molar-refractivity contribution >= 4 is 0 Å². The van der Waals surface area contributed by atoms with Crippen molar-refractivity contribution in [3.05, 3.63) is 23.3 Å². The standard InChI is InChI=1S/C14H21NO2/c1-10-11(14(15)8-4-5-9-14)6-7-12(16-2)13(10)17-3/h6-7H,4-5,8-9,15H2,1-3H3. The highest BCUT2D eigenvalue weighted by atomic mass is 16.5. The van der Waals surface area contributed by atoms with E-state index in [0.29, 0.717) is 0 Å². The SMILES string of the molecule is COc1ccc(C2(N)CCCC2)c(C)c1OC. The molecular formula is C14H21NO2. The highest BCUT2D eigenvalue weighted by molar-refractivity contribution is 5.52. The molecule has 0 bridgehead atoms. The molecule has 3 heteroatoms. The summed E-state index contributed by atoms with van der Waals surface area (Å²) in [6.07, 6.45) is 4.54. The van der Waals surface area contributed by atoms with Gasteiger partial charge in [0.05, 0.1) is 14.2 Å². The highest BCUT2D eigenvalue weighted by Crippen LogP contribution is 2.42. The Labute approximate surface area is 103 Å². The summed E-state index contributed by atoms with van der Waals surface area (Å²) in [5.74, 6) is 1.58. The topological polar surface area (TPSA) is 44.5 Å². The van der Waals surface area contributed by atoms with Gasteiger partial charge in [-0.15, -0.1) is 0 Å². The fraction of sp³-hybridized carbons (Fsp3) is 0.571. The smallest absolute Gasteiger partial charge is 0.163 e. The van der Waals surface area contributed by atoms with E-state index in [1.807, 2.05) is 6.07 Å². The van der Waals surface area contributed by atoms with Crippen LogP contribution in [0.25, 0.3) is 0 Å². The molecule has 3 nitrogen and oxygen atoms in total. The number of hydrogen-bond donors (Lipinski definition) is 1. The highest BCUT2D eigenvalue weighted by Gasteiger charge is 2.33. The van der Waals surface area contributed by atoms with Crippen LogP contribution in [0.1, 0.15) is 36.8 Å². The lowest BCUT2D eigenvalue weighted by Gasteiger charge is -2.27. The molecule has 2 rings (SSSR count). The molecule has 0 atom stereocenters. The molecule has 94 valence electrons. The molecule has 1 saturated carbocycles. The Bertz CT molecular complexity index is 409. The molecule has 0 unspecified atom stereocenters. The molecule has 0 saturated heterocycles. The third kappa shape index (κ3) is 2.00. The number of hydrogen-bond acceptors (Lipinski definition) is 3. The number of benzene rings is 1. The lowest BCUT2D eigenvalue weighted by Crippen LogP contribution is -2.34. The maximum Gasteiger partial charge on any atom is 0.163 e. The summed E-state index contributed by atoms with van der Waals surface area (Å²) in [5, 5.41) is 0. The second kappa shape index (κ2) is 4.57. The average molecular weight is 235 g/mol. The van der Waals surface area contributed by atoms with Crippen molar-refractivity contribution in [1.29, 1.82) is 0 Å². The Kier molecular flexibility index (Phi) is 3.29. The van der Waals surface area contributed by atoms with Crippen LogP contribution in [-0.2, 0) is 5.54 Å². The number of ether oxygens (including phenoxy) is 2. The van der Waals surface area contributed by atoms with Gasteiger partial charge in [-0.3, -0.25) is 0 Å². The first-order chi connectivity index (χ1) is 8.12. The van der Waals surface area contributed by atoms with Crippen molar-refractivity contribution < 1.29 is 9.47 Å². The van der Waals surface area contributed by atoms with E-state index in [1.54, 1.807) is 14.2 Å². The van der Waals surface area contributed by atoms with Gasteiger partial charge in [-0.2, -0.15) is 0 Å². The van der Waals surface area contributed by atoms with Crippen LogP contribution in [0.5, 0.6) is 11.5 Å². The van der Waals surface area contributed by atoms with E-state index >= 15 is 0 Å². The van der Waals surface area contributed by atoms with Crippen molar-refractivity contribution in [2.24, 2.45) is 5.73 Å². The van der Waals surface area contributed by atoms with Crippen LogP contribution in [-0.4, -0.2) is 14.2 Å². The van der Waals surface area contributed by atoms with E-state index in [4.69, 9.17) is 15.2 Å². The number of methoxy groups -OCH3 is 2. The maximum absolute atomic E-state index is 6.50. The first-order valence-corrected chi connectivity index (χ1v) is 6.13. The van der Waals surface area contributed by atoms with Gasteiger partial charge in [-0.05, 0) is 37.0 Å². The summed E-state index contributed by atoms with van der Waals surface area (Å²) >= 11 is 0. The van der Waals surface area contributed by atoms with Crippen molar-refractivity contribution in [2.45, 2.75) is 38.1 Å². The Morgan fingerprint density at radius 3 is 2.29 bits per heavy atom. The summed E-state index contributed by atoms with van der Waals surface area (Å²) in [6, 6.07) is 4.04. The molecule has 0 radical (unpaired) electrons. The summed E-state index contributed by atoms with van der Waals surface area (Å²) < 4.78 is 10.7. The van der Waals surface area contributed by atoms with Crippen molar-refractivity contribution in [3.63, 3.8) is 0 Å². The van der Waals surface area contributed by atoms with Crippen LogP contribution in [0.3, 0.4) is 0 Å². The van der Waals surface area contributed by atoms with Crippen LogP contribution in [0.15, 0.2) is 12.1 Å². The molecule has 1 aliphatic carbocycles. The monoisotopic (exact) mass is 235 g/mol. The molecule has 1 aliphatic rings. The normalized spacial score (nSPS) is 18.1. The maximum atomic E-state index is 6.50. The van der Waals surface area contributed by atoms with E-state index in [1.165, 1.54) is 18.4 Å². The van der Waals surface area contributed by atoms with Crippen molar-refractivity contribution in [2.75, 3.05) is 14.2 Å². The van der Waals surface area contributed by atoms with Gasteiger partial charge in [-0.1, -0.05) is 18.9 Å². The van der Waals surface area contributed by atoms with E-state index in [0.717, 1.165) is 29.9 Å². The lowest BCUT2D eigenvalue weighted by atomic mass is 9.86. The van der Waals surface area contributed by atoms with E-state index in [9.17, 15) is 0 Å². The zero-order valence-electron chi connectivity index (χ0n) is 10.9. The van der Waals surface area contributed by atoms with Gasteiger partial charge in [0.15, 0.2) is 11.5 Å². The van der Waals surface area contributed by atoms with Gasteiger partial charge in [0, 0.05) is 5.54 Å². The van der Waals surface area contributed by atoms with Crippen LogP contribution in [0.2, 0.25) is 0 Å². The Hall–Kier alpha value is -1.22. The molecule has 0 amide bonds. The molecule has 1 aromatic carbocycles. The molecule has 0 aromatic heterocycles. The third-order valence-electron chi connectivity index (χ3n) is 3.83. The molecule has 0 aliphatic heterocycles. The van der Waals surface area contributed by atoms with E-state index in [-0.39, 0.29) is 5.54 Å². The second-order valence-corrected chi connectivity index (χ2v) is 4.84. The zero-order chi connectivity index (χ0) is 12.5. The average Bonchev–Trinajstić information content (AvgIpc) is 2.76. The fourth-order valence-electron chi connectivity index (χ4n) is 2.90. The Balaban J connectivity index is 2.49. The Morgan fingerprint density at radius 1 is 1.12 bits per heavy atom. The summed E-state index contributed by atoms with van der Waals surface area (Å²) in [4.78, 5) is 0. The molecule has 0 heterocycles. The largest absolute Gasteiger partial charge is 0.493 e. The molecule has 1 fully saturated rings. The van der Waals surface area contributed by atoms with Gasteiger partial charge < -0.3 is 15.2 Å². The van der Waals surface area contributed by atoms with E-state index in [2.05, 4.69) is 13.0 Å². The molecule has 1 aromatic rings. The molecular weight excluding hydrogens is 214 g/mol. The lowest BCUT2D eigenvalue weighted by molar-refractivity contribution is 0.349. The van der Waals surface area contributed by atoms with Crippen molar-refractivity contribution in [1.82, 2.24) is 0 Å². The number of rotatable bonds is 3. The van der Waals surface area contributed by atoms with E-state index < -0.39 is 0 Å². The van der Waals surface area contributed by atoms with Crippen LogP contribution in [0, 0.1) is 6.92 Å². The quantitative estimate of drug-likeness (QED) is 0.876. The minimum absolute atomic E-state index is 0.177. The fourth-order valence-corrected chi connectivity index (χ4v) is 2.90. The molecule has 2 N–H and O–H groups in total. The van der Waals surface area contributed by atoms with Gasteiger partial charge >= 0.3 is 0 Å². The number of nitrogens with two attached hydrogens (primary N) is 1. The minimum Gasteiger partial charge on any atom is -0.493 e. The van der Waals surface area contributed by atoms with Crippen LogP contribution >= 0.6 is 0 Å². The predicted octanol–water partition coefficient (Wildman–Crippen LogP) is 2.74. The second-order valence-electron chi connectivity index (χ2n) is 4.84. The Morgan fingerprint density at radius 2 is 1.76 bits per heavy atom. The van der Waals surface area contributed by atoms with Crippen molar-refractivity contribution in [3.8, 4) is 11.5 Å². The third-order valence-corrected chi connectivity index (χ3v) is 3.83. The minimum atomic E-state index is -0.177. The molecule has 17 heavy (non-hydrogen) atoms. The van der Waals surface area contributed by atoms with Crippen LogP contribution < -0.4 is 15.2 Å². The summed E-state index contributed by atoms with van der Waals surface area (Å²) in [7, 11) is 3.33. The summed E-state index contributed by atoms with van der Waals surface area (Å²) in [6.45, 7) is 2.06. The molecule has 0 spiro atoms. The van der Waals surface area contributed by atoms with Crippen LogP contribution in [0.4, 0.5) is 0 Å². The first-order valence-electron chi connectivity index (χ1n) is 6.13. The van der Waals surface area contributed by atoms with Gasteiger partial charge in [-0.25, -0.2) is 0 Å². The zero-order valence-corrected chi connectivity index (χ0v) is 10.9. The van der Waals surface area contributed by atoms with Gasteiger partial charge in [0.25, 0.3) is 0 Å². The summed E-state index contributed by atoms with van der Waals surface area (Å²) in [5.41, 5.74) is 8.63. The first kappa shape index (κ1) is 12.2. The van der Waals surface area contributed by atoms with Gasteiger partial charge in [0.2, 0.25) is 0 Å². The predicted molar refractivity (Wildman–Crippen MR) is 68.6 cm³/mol.